The average molecular weight is 473 g/mol. The molecule has 1 N–H and O–H groups in total. The molecule has 0 unspecified atom stereocenters. The van der Waals surface area contributed by atoms with Crippen molar-refractivity contribution in [3.05, 3.63) is 59.9 Å². The van der Waals surface area contributed by atoms with Crippen LogP contribution >= 0.6 is 0 Å². The molecule has 180 valence electrons. The van der Waals surface area contributed by atoms with E-state index in [0.717, 1.165) is 28.0 Å². The SMILES string of the molecule is Cc1cc(-c2ccn3nc(Nc4cc(C)nc(C)n4)cc3c2)c(OC[C@@H]2CN(C)C(=O)N2C)cn1. The highest BCUT2D eigenvalue weighted by Crippen LogP contribution is 2.32. The van der Waals surface area contributed by atoms with Crippen LogP contribution in [0.5, 0.6) is 5.75 Å². The number of carbonyl (C=O) groups is 1. The lowest BCUT2D eigenvalue weighted by atomic mass is 10.1. The van der Waals surface area contributed by atoms with Gasteiger partial charge in [0, 0.05) is 55.9 Å². The van der Waals surface area contributed by atoms with Gasteiger partial charge in [-0.3, -0.25) is 4.98 Å². The van der Waals surface area contributed by atoms with Crippen LogP contribution in [0.15, 0.2) is 42.7 Å². The normalized spacial score (nSPS) is 15.8. The summed E-state index contributed by atoms with van der Waals surface area (Å²) in [7, 11) is 3.60. The molecule has 0 spiro atoms. The summed E-state index contributed by atoms with van der Waals surface area (Å²) in [6.45, 7) is 6.78. The van der Waals surface area contributed by atoms with Gasteiger partial charge in [0.1, 0.15) is 24.0 Å². The fraction of sp³-hybridized carbons (Fsp3) is 0.320. The number of nitrogens with one attached hydrogen (secondary N) is 1. The molecule has 1 aliphatic heterocycles. The fourth-order valence-electron chi connectivity index (χ4n) is 4.32. The summed E-state index contributed by atoms with van der Waals surface area (Å²) in [6, 6.07) is 9.93. The van der Waals surface area contributed by atoms with Crippen molar-refractivity contribution in [1.29, 1.82) is 0 Å². The minimum absolute atomic E-state index is 0.00346. The van der Waals surface area contributed by atoms with Crippen molar-refractivity contribution in [3.8, 4) is 16.9 Å². The Labute approximate surface area is 203 Å². The van der Waals surface area contributed by atoms with E-state index in [1.165, 1.54) is 0 Å². The number of hydrogen-bond donors (Lipinski definition) is 1. The lowest BCUT2D eigenvalue weighted by molar-refractivity contribution is 0.187. The monoisotopic (exact) mass is 472 g/mol. The van der Waals surface area contributed by atoms with Crippen LogP contribution in [0.25, 0.3) is 16.6 Å². The summed E-state index contributed by atoms with van der Waals surface area (Å²) in [5, 5.41) is 7.88. The third-order valence-corrected chi connectivity index (χ3v) is 6.09. The number of nitrogens with zero attached hydrogens (tertiary/aromatic N) is 7. The van der Waals surface area contributed by atoms with Crippen LogP contribution < -0.4 is 10.1 Å². The first kappa shape index (κ1) is 22.6. The van der Waals surface area contributed by atoms with E-state index in [0.29, 0.717) is 36.4 Å². The molecule has 4 aromatic rings. The van der Waals surface area contributed by atoms with Gasteiger partial charge >= 0.3 is 6.03 Å². The molecular weight excluding hydrogens is 444 g/mol. The number of ether oxygens (including phenoxy) is 1. The molecule has 0 radical (unpaired) electrons. The number of aromatic nitrogens is 5. The van der Waals surface area contributed by atoms with Gasteiger partial charge in [-0.05, 0) is 44.5 Å². The highest BCUT2D eigenvalue weighted by molar-refractivity contribution is 5.77. The number of carbonyl (C=O) groups excluding carboxylic acids is 1. The molecular formula is C25H28N8O2. The first-order valence-corrected chi connectivity index (χ1v) is 11.4. The maximum Gasteiger partial charge on any atom is 0.319 e. The molecule has 0 aliphatic carbocycles. The van der Waals surface area contributed by atoms with E-state index in [2.05, 4.69) is 31.4 Å². The molecule has 35 heavy (non-hydrogen) atoms. The first-order chi connectivity index (χ1) is 16.8. The molecule has 1 saturated heterocycles. The van der Waals surface area contributed by atoms with Crippen LogP contribution in [0, 0.1) is 20.8 Å². The van der Waals surface area contributed by atoms with E-state index in [1.807, 2.05) is 55.7 Å². The van der Waals surface area contributed by atoms with Gasteiger partial charge in [0.2, 0.25) is 0 Å². The second-order valence-electron chi connectivity index (χ2n) is 8.94. The third kappa shape index (κ3) is 4.59. The average Bonchev–Trinajstić information content (AvgIpc) is 3.32. The third-order valence-electron chi connectivity index (χ3n) is 6.09. The summed E-state index contributed by atoms with van der Waals surface area (Å²) in [6.07, 6.45) is 3.67. The highest BCUT2D eigenvalue weighted by Gasteiger charge is 2.32. The zero-order valence-corrected chi connectivity index (χ0v) is 20.5. The number of urea groups is 1. The van der Waals surface area contributed by atoms with E-state index >= 15 is 0 Å². The molecule has 1 atom stereocenters. The topological polar surface area (TPSA) is 101 Å². The van der Waals surface area contributed by atoms with Crippen molar-refractivity contribution < 1.29 is 9.53 Å². The van der Waals surface area contributed by atoms with Crippen molar-refractivity contribution in [2.24, 2.45) is 0 Å². The molecule has 1 aliphatic rings. The Bertz CT molecular complexity index is 1400. The Hall–Kier alpha value is -4.21. The van der Waals surface area contributed by atoms with E-state index in [9.17, 15) is 4.79 Å². The zero-order chi connectivity index (χ0) is 24.7. The van der Waals surface area contributed by atoms with Crippen LogP contribution in [-0.2, 0) is 0 Å². The fourth-order valence-corrected chi connectivity index (χ4v) is 4.32. The summed E-state index contributed by atoms with van der Waals surface area (Å²) >= 11 is 0. The standard InChI is InChI=1S/C25H28N8O2/c1-15-8-21(22(12-26-15)35-14-20-13-31(4)25(34)32(20)5)18-6-7-33-19(10-18)11-24(30-33)29-23-9-16(2)27-17(3)28-23/h6-12,20H,13-14H2,1-5H3,(H,27,28,29,30)/t20-/m0/s1. The van der Waals surface area contributed by atoms with Gasteiger partial charge < -0.3 is 19.9 Å². The largest absolute Gasteiger partial charge is 0.489 e. The van der Waals surface area contributed by atoms with Crippen molar-refractivity contribution in [2.75, 3.05) is 32.6 Å². The quantitative estimate of drug-likeness (QED) is 0.458. The number of amides is 2. The van der Waals surface area contributed by atoms with E-state index in [-0.39, 0.29) is 12.1 Å². The number of fused-ring (bicyclic) bond motifs is 1. The summed E-state index contributed by atoms with van der Waals surface area (Å²) in [4.78, 5) is 28.7. The van der Waals surface area contributed by atoms with Crippen LogP contribution in [0.3, 0.4) is 0 Å². The molecule has 4 aromatic heterocycles. The summed E-state index contributed by atoms with van der Waals surface area (Å²) < 4.78 is 8.00. The van der Waals surface area contributed by atoms with E-state index in [4.69, 9.17) is 4.74 Å². The summed E-state index contributed by atoms with van der Waals surface area (Å²) in [5.41, 5.74) is 4.65. The second kappa shape index (κ2) is 8.86. The Morgan fingerprint density at radius 2 is 1.89 bits per heavy atom. The van der Waals surface area contributed by atoms with Crippen molar-refractivity contribution in [3.63, 3.8) is 0 Å². The number of anilines is 2. The lowest BCUT2D eigenvalue weighted by Crippen LogP contribution is -2.34. The van der Waals surface area contributed by atoms with Crippen molar-refractivity contribution >= 4 is 23.2 Å². The van der Waals surface area contributed by atoms with Crippen LogP contribution in [0.2, 0.25) is 0 Å². The molecule has 10 heteroatoms. The zero-order valence-electron chi connectivity index (χ0n) is 20.5. The predicted octanol–water partition coefficient (Wildman–Crippen LogP) is 3.60. The molecule has 5 rings (SSSR count). The van der Waals surface area contributed by atoms with Gasteiger partial charge in [-0.1, -0.05) is 0 Å². The minimum Gasteiger partial charge on any atom is -0.489 e. The smallest absolute Gasteiger partial charge is 0.319 e. The van der Waals surface area contributed by atoms with Crippen molar-refractivity contribution in [1.82, 2.24) is 34.4 Å². The van der Waals surface area contributed by atoms with Gasteiger partial charge in [0.15, 0.2) is 5.82 Å². The summed E-state index contributed by atoms with van der Waals surface area (Å²) in [5.74, 6) is 2.79. The lowest BCUT2D eigenvalue weighted by Gasteiger charge is -2.19. The maximum atomic E-state index is 12.1. The van der Waals surface area contributed by atoms with Crippen LogP contribution in [0.1, 0.15) is 17.2 Å². The van der Waals surface area contributed by atoms with Crippen LogP contribution in [0.4, 0.5) is 16.4 Å². The van der Waals surface area contributed by atoms with E-state index < -0.39 is 0 Å². The van der Waals surface area contributed by atoms with Crippen molar-refractivity contribution in [2.45, 2.75) is 26.8 Å². The number of hydrogen-bond acceptors (Lipinski definition) is 7. The predicted molar refractivity (Wildman–Crippen MR) is 133 cm³/mol. The molecule has 5 heterocycles. The first-order valence-electron chi connectivity index (χ1n) is 11.4. The maximum absolute atomic E-state index is 12.1. The number of rotatable bonds is 6. The molecule has 10 nitrogen and oxygen atoms in total. The molecule has 1 fully saturated rings. The molecule has 2 amide bonds. The van der Waals surface area contributed by atoms with Gasteiger partial charge in [-0.2, -0.15) is 5.10 Å². The van der Waals surface area contributed by atoms with Gasteiger partial charge in [0.05, 0.1) is 17.8 Å². The van der Waals surface area contributed by atoms with Gasteiger partial charge in [-0.15, -0.1) is 0 Å². The Kier molecular flexibility index (Phi) is 5.72. The Morgan fingerprint density at radius 3 is 2.63 bits per heavy atom. The molecule has 0 bridgehead atoms. The van der Waals surface area contributed by atoms with Crippen LogP contribution in [-0.4, -0.2) is 73.7 Å². The van der Waals surface area contributed by atoms with E-state index in [1.54, 1.807) is 30.1 Å². The number of likely N-dealkylation sites (N-methyl/N-ethyl adjacent to an activating group) is 2. The number of aryl methyl sites for hydroxylation is 3. The van der Waals surface area contributed by atoms with Gasteiger partial charge in [-0.25, -0.2) is 19.3 Å². The molecule has 0 saturated carbocycles. The minimum atomic E-state index is -0.0123. The molecule has 0 aromatic carbocycles. The Balaban J connectivity index is 1.40. The van der Waals surface area contributed by atoms with Gasteiger partial charge in [0.25, 0.3) is 0 Å². The highest BCUT2D eigenvalue weighted by atomic mass is 16.5. The Morgan fingerprint density at radius 1 is 1.06 bits per heavy atom. The second-order valence-corrected chi connectivity index (χ2v) is 8.94. The number of pyridine rings is 2.